The third kappa shape index (κ3) is 5.07. The summed E-state index contributed by atoms with van der Waals surface area (Å²) in [6, 6.07) is 42.3. The first-order chi connectivity index (χ1) is 24.4. The molecule has 2 aliphatic carbocycles. The normalized spacial score (nSPS) is 31.1. The van der Waals surface area contributed by atoms with Gasteiger partial charge in [-0.1, -0.05) is 184 Å². The molecule has 0 amide bonds. The standard InChI is InChI=1S/C47H44N2O/c1-44(41-25-15-31-48-41)27-29-46(37-21-11-5-12-22-37,39(33-44)35-17-7-3-8-18-35)43(50)47(38-23-13-6-14-24-38)30-28-45(2,42-26-16-32-49-42)34-40(47)36-19-9-4-10-20-36/h3-24,27-34,41-42,48-49H,25-26H2,1-2H3. The predicted octanol–water partition coefficient (Wildman–Crippen LogP) is 9.50. The third-order valence-electron chi connectivity index (χ3n) is 11.6. The summed E-state index contributed by atoms with van der Waals surface area (Å²) in [5, 5.41) is 7.21. The summed E-state index contributed by atoms with van der Waals surface area (Å²) in [5.74, 6) is 0.110. The molecule has 0 radical (unpaired) electrons. The van der Waals surface area contributed by atoms with Crippen molar-refractivity contribution in [2.75, 3.05) is 0 Å². The maximum absolute atomic E-state index is 16.8. The van der Waals surface area contributed by atoms with Gasteiger partial charge < -0.3 is 10.6 Å². The molecule has 248 valence electrons. The van der Waals surface area contributed by atoms with Crippen molar-refractivity contribution in [2.45, 2.75) is 49.6 Å². The summed E-state index contributed by atoms with van der Waals surface area (Å²) in [6.45, 7) is 4.57. The van der Waals surface area contributed by atoms with Crippen LogP contribution in [0.3, 0.4) is 0 Å². The minimum Gasteiger partial charge on any atom is -0.387 e. The number of hydrogen-bond acceptors (Lipinski definition) is 3. The van der Waals surface area contributed by atoms with E-state index in [1.807, 2.05) is 12.1 Å². The molecule has 0 spiro atoms. The van der Waals surface area contributed by atoms with Crippen LogP contribution in [0.4, 0.5) is 0 Å². The van der Waals surface area contributed by atoms with E-state index in [1.165, 1.54) is 0 Å². The van der Waals surface area contributed by atoms with Gasteiger partial charge in [0.25, 0.3) is 0 Å². The Hall–Kier alpha value is -5.41. The van der Waals surface area contributed by atoms with Gasteiger partial charge in [-0.15, -0.1) is 0 Å². The van der Waals surface area contributed by atoms with Gasteiger partial charge in [0.05, 0.1) is 10.8 Å². The van der Waals surface area contributed by atoms with Crippen LogP contribution in [-0.4, -0.2) is 17.9 Å². The van der Waals surface area contributed by atoms with Gasteiger partial charge in [0.1, 0.15) is 0 Å². The number of ketones is 1. The lowest BCUT2D eigenvalue weighted by atomic mass is 9.52. The highest BCUT2D eigenvalue weighted by molar-refractivity contribution is 6.18. The number of nitrogens with one attached hydrogen (secondary N) is 2. The Labute approximate surface area is 296 Å². The molecule has 2 N–H and O–H groups in total. The largest absolute Gasteiger partial charge is 0.387 e. The van der Waals surface area contributed by atoms with Gasteiger partial charge in [0, 0.05) is 22.9 Å². The SMILES string of the molecule is CC1(C2CC=CN2)C=CC(C(=O)C2(c3ccccc3)C=CC(C)(C3CC=CN3)C=C2c2ccccc2)(c2ccccc2)C(c2ccccc2)=C1. The molecule has 0 saturated carbocycles. The first-order valence-electron chi connectivity index (χ1n) is 17.9. The second-order valence-corrected chi connectivity index (χ2v) is 14.6. The zero-order valence-electron chi connectivity index (χ0n) is 28.8. The molecular formula is C47H44N2O. The lowest BCUT2D eigenvalue weighted by Gasteiger charge is -2.49. The molecule has 6 atom stereocenters. The van der Waals surface area contributed by atoms with E-state index in [2.05, 4.69) is 195 Å². The first kappa shape index (κ1) is 31.8. The molecule has 4 aliphatic rings. The van der Waals surface area contributed by atoms with Crippen LogP contribution in [0.5, 0.6) is 0 Å². The number of rotatable bonds is 8. The Morgan fingerprint density at radius 2 is 0.880 bits per heavy atom. The lowest BCUT2D eigenvalue weighted by Crippen LogP contribution is -2.52. The van der Waals surface area contributed by atoms with Crippen LogP contribution in [0, 0.1) is 10.8 Å². The molecule has 3 nitrogen and oxygen atoms in total. The molecule has 2 heterocycles. The molecule has 2 aliphatic heterocycles. The quantitative estimate of drug-likeness (QED) is 0.186. The number of allylic oxidation sites excluding steroid dienone is 4. The van der Waals surface area contributed by atoms with E-state index >= 15 is 4.79 Å². The molecule has 50 heavy (non-hydrogen) atoms. The van der Waals surface area contributed by atoms with Gasteiger partial charge in [0.2, 0.25) is 0 Å². The van der Waals surface area contributed by atoms with Crippen LogP contribution in [0.15, 0.2) is 182 Å². The maximum Gasteiger partial charge on any atom is 0.170 e. The van der Waals surface area contributed by atoms with E-state index in [0.29, 0.717) is 0 Å². The Bertz CT molecular complexity index is 1890. The van der Waals surface area contributed by atoms with Crippen LogP contribution in [0.1, 0.15) is 48.9 Å². The number of carbonyl (C=O) groups is 1. The average molecular weight is 653 g/mol. The van der Waals surface area contributed by atoms with Crippen LogP contribution in [0.25, 0.3) is 11.1 Å². The van der Waals surface area contributed by atoms with Crippen molar-refractivity contribution in [3.05, 3.63) is 205 Å². The van der Waals surface area contributed by atoms with E-state index in [0.717, 1.165) is 46.2 Å². The van der Waals surface area contributed by atoms with Crippen molar-refractivity contribution < 1.29 is 4.79 Å². The lowest BCUT2D eigenvalue weighted by molar-refractivity contribution is -0.123. The summed E-state index contributed by atoms with van der Waals surface area (Å²) < 4.78 is 0. The van der Waals surface area contributed by atoms with Crippen molar-refractivity contribution in [2.24, 2.45) is 10.8 Å². The molecule has 6 unspecified atom stereocenters. The molecule has 0 bridgehead atoms. The van der Waals surface area contributed by atoms with E-state index in [4.69, 9.17) is 0 Å². The highest BCUT2D eigenvalue weighted by atomic mass is 16.1. The van der Waals surface area contributed by atoms with Crippen LogP contribution >= 0.6 is 0 Å². The molecule has 0 aromatic heterocycles. The minimum atomic E-state index is -1.11. The molecule has 8 rings (SSSR count). The molecule has 4 aromatic rings. The highest BCUT2D eigenvalue weighted by Gasteiger charge is 2.57. The Morgan fingerprint density at radius 1 is 0.520 bits per heavy atom. The van der Waals surface area contributed by atoms with E-state index in [-0.39, 0.29) is 28.7 Å². The van der Waals surface area contributed by atoms with Crippen LogP contribution in [0.2, 0.25) is 0 Å². The summed E-state index contributed by atoms with van der Waals surface area (Å²) in [7, 11) is 0. The number of Topliss-reactive ketones (excluding diaryl/α,β-unsaturated/α-hetero) is 1. The summed E-state index contributed by atoms with van der Waals surface area (Å²) >= 11 is 0. The van der Waals surface area contributed by atoms with Gasteiger partial charge in [0.15, 0.2) is 5.78 Å². The van der Waals surface area contributed by atoms with Gasteiger partial charge in [-0.25, -0.2) is 0 Å². The van der Waals surface area contributed by atoms with Crippen molar-refractivity contribution in [3.8, 4) is 0 Å². The zero-order valence-corrected chi connectivity index (χ0v) is 28.8. The van der Waals surface area contributed by atoms with Crippen molar-refractivity contribution in [1.29, 1.82) is 0 Å². The summed E-state index contributed by atoms with van der Waals surface area (Å²) in [4.78, 5) is 16.8. The van der Waals surface area contributed by atoms with Gasteiger partial charge >= 0.3 is 0 Å². The van der Waals surface area contributed by atoms with Crippen molar-refractivity contribution in [1.82, 2.24) is 10.6 Å². The monoisotopic (exact) mass is 652 g/mol. The highest BCUT2D eigenvalue weighted by Crippen LogP contribution is 2.57. The Balaban J connectivity index is 1.43. The number of benzene rings is 4. The molecular weight excluding hydrogens is 609 g/mol. The average Bonchev–Trinajstić information content (AvgIpc) is 3.93. The van der Waals surface area contributed by atoms with Crippen molar-refractivity contribution >= 4 is 16.9 Å². The fourth-order valence-electron chi connectivity index (χ4n) is 8.68. The molecule has 4 aromatic carbocycles. The fourth-order valence-corrected chi connectivity index (χ4v) is 8.68. The fraction of sp³-hybridized carbons (Fsp3) is 0.213. The predicted molar refractivity (Wildman–Crippen MR) is 206 cm³/mol. The van der Waals surface area contributed by atoms with Crippen LogP contribution < -0.4 is 10.6 Å². The van der Waals surface area contributed by atoms with Crippen LogP contribution in [-0.2, 0) is 15.6 Å². The van der Waals surface area contributed by atoms with Gasteiger partial charge in [-0.2, -0.15) is 0 Å². The summed E-state index contributed by atoms with van der Waals surface area (Å²) in [6.07, 6.45) is 24.2. The topological polar surface area (TPSA) is 41.1 Å². The van der Waals surface area contributed by atoms with Gasteiger partial charge in [-0.3, -0.25) is 4.79 Å². The van der Waals surface area contributed by atoms with Crippen molar-refractivity contribution in [3.63, 3.8) is 0 Å². The Morgan fingerprint density at radius 3 is 1.22 bits per heavy atom. The number of carbonyl (C=O) groups excluding carboxylic acids is 1. The smallest absolute Gasteiger partial charge is 0.170 e. The first-order valence-corrected chi connectivity index (χ1v) is 17.9. The molecule has 0 fully saturated rings. The van der Waals surface area contributed by atoms with E-state index in [9.17, 15) is 0 Å². The maximum atomic E-state index is 16.8. The summed E-state index contributed by atoms with van der Waals surface area (Å²) in [5.41, 5.74) is 3.17. The number of hydrogen-bond donors (Lipinski definition) is 2. The Kier molecular flexibility index (Phi) is 7.95. The zero-order chi connectivity index (χ0) is 34.2. The second kappa shape index (κ2) is 12.5. The molecule has 0 saturated heterocycles. The van der Waals surface area contributed by atoms with E-state index < -0.39 is 10.8 Å². The second-order valence-electron chi connectivity index (χ2n) is 14.6. The van der Waals surface area contributed by atoms with Gasteiger partial charge in [-0.05, 0) is 58.6 Å². The minimum absolute atomic E-state index is 0.110. The van der Waals surface area contributed by atoms with E-state index in [1.54, 1.807) is 0 Å². The molecule has 3 heteroatoms. The third-order valence-corrected chi connectivity index (χ3v) is 11.6.